The van der Waals surface area contributed by atoms with E-state index in [1.807, 2.05) is 6.07 Å². The monoisotopic (exact) mass is 234 g/mol. The number of nitrogens with zero attached hydrogens (tertiary/aromatic N) is 1. The van der Waals surface area contributed by atoms with E-state index in [0.717, 1.165) is 0 Å². The van der Waals surface area contributed by atoms with E-state index in [1.54, 1.807) is 24.3 Å². The average Bonchev–Trinajstić information content (AvgIpc) is 2.76. The molecule has 1 saturated heterocycles. The van der Waals surface area contributed by atoms with Gasteiger partial charge in [-0.1, -0.05) is 18.2 Å². The first-order valence-corrected chi connectivity index (χ1v) is 5.50. The molecule has 0 aliphatic carbocycles. The summed E-state index contributed by atoms with van der Waals surface area (Å²) in [6.45, 7) is 0.670. The molecule has 1 aliphatic heterocycles. The van der Waals surface area contributed by atoms with Crippen molar-refractivity contribution in [3.05, 3.63) is 30.3 Å². The van der Waals surface area contributed by atoms with Crippen LogP contribution in [0.4, 0.5) is 5.69 Å². The Bertz CT molecular complexity index is 419. The van der Waals surface area contributed by atoms with E-state index < -0.39 is 17.9 Å². The number of likely N-dealkylation sites (tertiary alicyclic amines) is 1. The van der Waals surface area contributed by atoms with Crippen LogP contribution in [0.25, 0.3) is 0 Å². The molecule has 1 fully saturated rings. The minimum Gasteiger partial charge on any atom is -0.391 e. The lowest BCUT2D eigenvalue weighted by Gasteiger charge is -2.14. The number of hydrogen-bond acceptors (Lipinski definition) is 3. The second-order valence-electron chi connectivity index (χ2n) is 4.01. The van der Waals surface area contributed by atoms with E-state index in [0.29, 0.717) is 18.7 Å². The van der Waals surface area contributed by atoms with Crippen LogP contribution in [0.15, 0.2) is 30.3 Å². The highest BCUT2D eigenvalue weighted by Gasteiger charge is 2.28. The predicted octanol–water partition coefficient (Wildman–Crippen LogP) is 0.218. The van der Waals surface area contributed by atoms with Gasteiger partial charge in [-0.15, -0.1) is 0 Å². The Balaban J connectivity index is 1.94. The van der Waals surface area contributed by atoms with Crippen LogP contribution in [-0.2, 0) is 9.59 Å². The van der Waals surface area contributed by atoms with Crippen LogP contribution in [-0.4, -0.2) is 41.0 Å². The van der Waals surface area contributed by atoms with Gasteiger partial charge in [-0.25, -0.2) is 0 Å². The fraction of sp³-hybridized carbons (Fsp3) is 0.333. The molecule has 0 aromatic heterocycles. The maximum absolute atomic E-state index is 11.7. The molecule has 2 N–H and O–H groups in total. The summed E-state index contributed by atoms with van der Waals surface area (Å²) in [4.78, 5) is 24.7. The molecular weight excluding hydrogens is 220 g/mol. The molecule has 1 aliphatic rings. The maximum Gasteiger partial charge on any atom is 0.313 e. The van der Waals surface area contributed by atoms with Crippen molar-refractivity contribution in [2.24, 2.45) is 0 Å². The largest absolute Gasteiger partial charge is 0.391 e. The first kappa shape index (κ1) is 11.6. The number of β-amino-alcohol motifs (C(OH)–C–C–N with tert-alkyl or cyclic N) is 1. The van der Waals surface area contributed by atoms with Crippen molar-refractivity contribution in [2.75, 3.05) is 18.4 Å². The molecule has 1 atom stereocenters. The highest BCUT2D eigenvalue weighted by atomic mass is 16.3. The van der Waals surface area contributed by atoms with Gasteiger partial charge >= 0.3 is 11.8 Å². The van der Waals surface area contributed by atoms with Crippen LogP contribution in [0.5, 0.6) is 0 Å². The second-order valence-corrected chi connectivity index (χ2v) is 4.01. The minimum absolute atomic E-state index is 0.237. The van der Waals surface area contributed by atoms with Crippen molar-refractivity contribution in [2.45, 2.75) is 12.5 Å². The molecule has 0 unspecified atom stereocenters. The summed E-state index contributed by atoms with van der Waals surface area (Å²) in [6.07, 6.45) is 0.0214. The predicted molar refractivity (Wildman–Crippen MR) is 62.3 cm³/mol. The highest BCUT2D eigenvalue weighted by Crippen LogP contribution is 2.10. The summed E-state index contributed by atoms with van der Waals surface area (Å²) >= 11 is 0. The zero-order chi connectivity index (χ0) is 12.3. The van der Waals surface area contributed by atoms with Crippen molar-refractivity contribution >= 4 is 17.5 Å². The van der Waals surface area contributed by atoms with E-state index in [4.69, 9.17) is 0 Å². The third-order valence-electron chi connectivity index (χ3n) is 2.68. The van der Waals surface area contributed by atoms with Gasteiger partial charge in [-0.2, -0.15) is 0 Å². The normalized spacial score (nSPS) is 19.1. The second kappa shape index (κ2) is 4.97. The molecule has 5 nitrogen and oxygen atoms in total. The average molecular weight is 234 g/mol. The lowest BCUT2D eigenvalue weighted by molar-refractivity contribution is -0.142. The van der Waals surface area contributed by atoms with Crippen molar-refractivity contribution in [3.8, 4) is 0 Å². The molecule has 0 bridgehead atoms. The van der Waals surface area contributed by atoms with Crippen LogP contribution in [0, 0.1) is 0 Å². The molecule has 0 spiro atoms. The summed E-state index contributed by atoms with van der Waals surface area (Å²) in [5.41, 5.74) is 0.589. The Labute approximate surface area is 99.0 Å². The van der Waals surface area contributed by atoms with Crippen molar-refractivity contribution in [3.63, 3.8) is 0 Å². The Hall–Kier alpha value is -1.88. The molecular formula is C12H14N2O3. The molecule has 1 aromatic rings. The van der Waals surface area contributed by atoms with E-state index in [2.05, 4.69) is 5.32 Å². The fourth-order valence-corrected chi connectivity index (χ4v) is 1.78. The molecule has 1 heterocycles. The Morgan fingerprint density at radius 1 is 1.29 bits per heavy atom. The van der Waals surface area contributed by atoms with E-state index in [1.165, 1.54) is 4.90 Å². The maximum atomic E-state index is 11.7. The standard InChI is InChI=1S/C12H14N2O3/c15-10-6-7-14(8-10)12(17)11(16)13-9-4-2-1-3-5-9/h1-5,10,15H,6-8H2,(H,13,16)/t10-/m0/s1. The van der Waals surface area contributed by atoms with Crippen LogP contribution in [0.2, 0.25) is 0 Å². The van der Waals surface area contributed by atoms with Crippen LogP contribution < -0.4 is 5.32 Å². The zero-order valence-electron chi connectivity index (χ0n) is 9.30. The van der Waals surface area contributed by atoms with Crippen LogP contribution in [0.1, 0.15) is 6.42 Å². The first-order valence-electron chi connectivity index (χ1n) is 5.50. The first-order chi connectivity index (χ1) is 8.16. The van der Waals surface area contributed by atoms with Crippen molar-refractivity contribution in [1.82, 2.24) is 4.90 Å². The number of rotatable bonds is 1. The van der Waals surface area contributed by atoms with Gasteiger partial charge in [0.25, 0.3) is 0 Å². The quantitative estimate of drug-likeness (QED) is 0.683. The number of para-hydroxylation sites is 1. The number of carbonyl (C=O) groups excluding carboxylic acids is 2. The van der Waals surface area contributed by atoms with Crippen molar-refractivity contribution < 1.29 is 14.7 Å². The molecule has 2 rings (SSSR count). The summed E-state index contributed by atoms with van der Waals surface area (Å²) in [7, 11) is 0. The van der Waals surface area contributed by atoms with Gasteiger partial charge in [0.2, 0.25) is 0 Å². The van der Waals surface area contributed by atoms with Crippen molar-refractivity contribution in [1.29, 1.82) is 0 Å². The molecule has 1 aromatic carbocycles. The Morgan fingerprint density at radius 3 is 2.59 bits per heavy atom. The van der Waals surface area contributed by atoms with Gasteiger partial charge in [0.05, 0.1) is 6.10 Å². The number of nitrogens with one attached hydrogen (secondary N) is 1. The highest BCUT2D eigenvalue weighted by molar-refractivity contribution is 6.39. The molecule has 90 valence electrons. The summed E-state index contributed by atoms with van der Waals surface area (Å²) in [6, 6.07) is 8.81. The number of carbonyl (C=O) groups is 2. The van der Waals surface area contributed by atoms with Gasteiger partial charge in [0.1, 0.15) is 0 Å². The lowest BCUT2D eigenvalue weighted by atomic mass is 10.3. The third kappa shape index (κ3) is 2.82. The number of aliphatic hydroxyl groups is 1. The summed E-state index contributed by atoms with van der Waals surface area (Å²) in [5, 5.41) is 11.8. The van der Waals surface area contributed by atoms with Gasteiger partial charge in [-0.3, -0.25) is 9.59 Å². The van der Waals surface area contributed by atoms with Crippen LogP contribution in [0.3, 0.4) is 0 Å². The number of aliphatic hydroxyl groups excluding tert-OH is 1. The van der Waals surface area contributed by atoms with Gasteiger partial charge in [0, 0.05) is 18.8 Å². The summed E-state index contributed by atoms with van der Waals surface area (Å²) in [5.74, 6) is -1.25. The molecule has 2 amide bonds. The minimum atomic E-state index is -0.662. The van der Waals surface area contributed by atoms with Crippen LogP contribution >= 0.6 is 0 Å². The molecule has 5 heteroatoms. The molecule has 17 heavy (non-hydrogen) atoms. The van der Waals surface area contributed by atoms with Gasteiger partial charge in [-0.05, 0) is 18.6 Å². The Morgan fingerprint density at radius 2 is 2.00 bits per heavy atom. The van der Waals surface area contributed by atoms with E-state index >= 15 is 0 Å². The SMILES string of the molecule is O=C(Nc1ccccc1)C(=O)N1CC[C@H](O)C1. The molecule has 0 radical (unpaired) electrons. The van der Waals surface area contributed by atoms with Gasteiger partial charge in [0.15, 0.2) is 0 Å². The third-order valence-corrected chi connectivity index (χ3v) is 2.68. The number of anilines is 1. The number of hydrogen-bond donors (Lipinski definition) is 2. The van der Waals surface area contributed by atoms with E-state index in [9.17, 15) is 14.7 Å². The molecule has 0 saturated carbocycles. The topological polar surface area (TPSA) is 69.6 Å². The lowest BCUT2D eigenvalue weighted by Crippen LogP contribution is -2.38. The number of amides is 2. The fourth-order valence-electron chi connectivity index (χ4n) is 1.78. The zero-order valence-corrected chi connectivity index (χ0v) is 9.30. The smallest absolute Gasteiger partial charge is 0.313 e. The summed E-state index contributed by atoms with van der Waals surface area (Å²) < 4.78 is 0. The Kier molecular flexibility index (Phi) is 3.39. The van der Waals surface area contributed by atoms with E-state index in [-0.39, 0.29) is 6.54 Å². The van der Waals surface area contributed by atoms with Gasteiger partial charge < -0.3 is 15.3 Å². The number of benzene rings is 1.